The average molecular weight is 494 g/mol. The zero-order valence-electron chi connectivity index (χ0n) is 18.9. The molecular formula is C25H27N5O2S2. The number of thiophene rings is 1. The molecule has 7 nitrogen and oxygen atoms in total. The lowest BCUT2D eigenvalue weighted by Crippen LogP contribution is -2.28. The number of unbranched alkanes of at least 4 members (excludes halogenated alkanes) is 2. The number of carbonyl (C=O) groups is 2. The summed E-state index contributed by atoms with van der Waals surface area (Å²) >= 11 is 3.01. The Kier molecular flexibility index (Phi) is 8.21. The molecule has 3 heterocycles. The van der Waals surface area contributed by atoms with E-state index < -0.39 is 0 Å². The first-order valence-corrected chi connectivity index (χ1v) is 12.9. The molecule has 3 aromatic heterocycles. The standard InChI is InChI=1S/C25H27N5O2S2/c1-26-23(31)11-7-3-6-10-18(30-25(32)22-15-27-16-33-22)24-28-14-19(29-24)21-13-12-20(34-21)17-8-4-2-5-9-17/h2,4-5,8-9,12-16,18H,3,6-7,10-11H2,1H3,(H,26,31)(H,28,29)(H,30,32). The molecule has 4 aromatic rings. The van der Waals surface area contributed by atoms with E-state index in [2.05, 4.69) is 49.9 Å². The molecule has 0 aliphatic rings. The van der Waals surface area contributed by atoms with Crippen molar-refractivity contribution in [2.45, 2.75) is 38.1 Å². The number of hydrogen-bond donors (Lipinski definition) is 3. The maximum absolute atomic E-state index is 12.7. The summed E-state index contributed by atoms with van der Waals surface area (Å²) in [4.78, 5) is 39.1. The molecule has 0 saturated carbocycles. The molecule has 0 spiro atoms. The molecule has 0 fully saturated rings. The number of benzene rings is 1. The van der Waals surface area contributed by atoms with Crippen LogP contribution >= 0.6 is 22.7 Å². The maximum Gasteiger partial charge on any atom is 0.263 e. The summed E-state index contributed by atoms with van der Waals surface area (Å²) in [6.07, 6.45) is 7.23. The number of rotatable bonds is 11. The van der Waals surface area contributed by atoms with Gasteiger partial charge in [-0.1, -0.05) is 43.2 Å². The Bertz CT molecular complexity index is 1200. The second-order valence-corrected chi connectivity index (χ2v) is 9.85. The Hall–Kier alpha value is -3.30. The monoisotopic (exact) mass is 493 g/mol. The van der Waals surface area contributed by atoms with Crippen molar-refractivity contribution >= 4 is 34.5 Å². The fourth-order valence-electron chi connectivity index (χ4n) is 3.65. The molecule has 0 aliphatic heterocycles. The van der Waals surface area contributed by atoms with E-state index in [4.69, 9.17) is 0 Å². The minimum Gasteiger partial charge on any atom is -0.359 e. The van der Waals surface area contributed by atoms with E-state index in [0.29, 0.717) is 11.3 Å². The van der Waals surface area contributed by atoms with Crippen LogP contribution in [0.15, 0.2) is 60.4 Å². The minimum absolute atomic E-state index is 0.0524. The molecule has 4 rings (SSSR count). The molecular weight excluding hydrogens is 466 g/mol. The van der Waals surface area contributed by atoms with Gasteiger partial charge in [0.15, 0.2) is 0 Å². The summed E-state index contributed by atoms with van der Waals surface area (Å²) in [7, 11) is 1.65. The number of aromatic amines is 1. The van der Waals surface area contributed by atoms with Gasteiger partial charge in [0.25, 0.3) is 5.91 Å². The molecule has 1 unspecified atom stereocenters. The fraction of sp³-hybridized carbons (Fsp3) is 0.280. The molecule has 9 heteroatoms. The second-order valence-electron chi connectivity index (χ2n) is 7.88. The number of nitrogens with zero attached hydrogens (tertiary/aromatic N) is 2. The third kappa shape index (κ3) is 6.18. The summed E-state index contributed by atoms with van der Waals surface area (Å²) in [5.74, 6) is 0.628. The van der Waals surface area contributed by atoms with Gasteiger partial charge in [0, 0.05) is 18.3 Å². The average Bonchev–Trinajstić information content (AvgIpc) is 3.64. The Morgan fingerprint density at radius 2 is 1.85 bits per heavy atom. The van der Waals surface area contributed by atoms with E-state index in [1.165, 1.54) is 21.8 Å². The topological polar surface area (TPSA) is 99.8 Å². The highest BCUT2D eigenvalue weighted by molar-refractivity contribution is 7.18. The molecule has 1 atom stereocenters. The van der Waals surface area contributed by atoms with Crippen molar-refractivity contribution in [2.75, 3.05) is 7.05 Å². The van der Waals surface area contributed by atoms with Gasteiger partial charge in [0.1, 0.15) is 10.7 Å². The molecule has 0 bridgehead atoms. The van der Waals surface area contributed by atoms with E-state index in [9.17, 15) is 9.59 Å². The normalized spacial score (nSPS) is 11.8. The summed E-state index contributed by atoms with van der Waals surface area (Å²) in [5.41, 5.74) is 3.76. The van der Waals surface area contributed by atoms with Crippen LogP contribution in [0.1, 0.15) is 53.6 Å². The van der Waals surface area contributed by atoms with Gasteiger partial charge in [0.2, 0.25) is 5.91 Å². The van der Waals surface area contributed by atoms with Crippen molar-refractivity contribution in [3.63, 3.8) is 0 Å². The van der Waals surface area contributed by atoms with E-state index in [1.54, 1.807) is 30.1 Å². The van der Waals surface area contributed by atoms with Crippen LogP contribution in [-0.4, -0.2) is 33.8 Å². The summed E-state index contributed by atoms with van der Waals surface area (Å²) in [6, 6.07) is 14.2. The predicted octanol–water partition coefficient (Wildman–Crippen LogP) is 5.43. The second kappa shape index (κ2) is 11.7. The lowest BCUT2D eigenvalue weighted by Gasteiger charge is -2.16. The highest BCUT2D eigenvalue weighted by Gasteiger charge is 2.20. The molecule has 176 valence electrons. The van der Waals surface area contributed by atoms with Gasteiger partial charge in [-0.3, -0.25) is 14.6 Å². The Morgan fingerprint density at radius 3 is 2.62 bits per heavy atom. The third-order valence-electron chi connectivity index (χ3n) is 5.49. The van der Waals surface area contributed by atoms with Crippen LogP contribution in [0.25, 0.3) is 21.0 Å². The Labute approximate surface area is 206 Å². The van der Waals surface area contributed by atoms with Crippen molar-refractivity contribution in [1.29, 1.82) is 0 Å². The molecule has 0 saturated heterocycles. The molecule has 0 aliphatic carbocycles. The van der Waals surface area contributed by atoms with Crippen molar-refractivity contribution in [1.82, 2.24) is 25.6 Å². The number of nitrogens with one attached hydrogen (secondary N) is 3. The van der Waals surface area contributed by atoms with Crippen LogP contribution in [0.5, 0.6) is 0 Å². The van der Waals surface area contributed by atoms with Crippen LogP contribution in [0, 0.1) is 0 Å². The fourth-order valence-corrected chi connectivity index (χ4v) is 5.15. The SMILES string of the molecule is CNC(=O)CCCCCC(NC(=O)c1cncs1)c1ncc(-c2ccc(-c3ccccc3)s2)[nH]1. The molecule has 1 aromatic carbocycles. The highest BCUT2D eigenvalue weighted by atomic mass is 32.1. The van der Waals surface area contributed by atoms with Crippen LogP contribution in [-0.2, 0) is 4.79 Å². The lowest BCUT2D eigenvalue weighted by atomic mass is 10.1. The number of imidazole rings is 1. The largest absolute Gasteiger partial charge is 0.359 e. The molecule has 3 N–H and O–H groups in total. The number of thiazole rings is 1. The Balaban J connectivity index is 1.45. The van der Waals surface area contributed by atoms with Crippen molar-refractivity contribution in [3.8, 4) is 21.0 Å². The molecule has 0 radical (unpaired) electrons. The first-order chi connectivity index (χ1) is 16.6. The van der Waals surface area contributed by atoms with Crippen LogP contribution in [0.4, 0.5) is 0 Å². The van der Waals surface area contributed by atoms with Gasteiger partial charge in [-0.25, -0.2) is 4.98 Å². The molecule has 34 heavy (non-hydrogen) atoms. The van der Waals surface area contributed by atoms with Gasteiger partial charge in [-0.15, -0.1) is 22.7 Å². The van der Waals surface area contributed by atoms with Crippen molar-refractivity contribution in [3.05, 3.63) is 71.1 Å². The summed E-state index contributed by atoms with van der Waals surface area (Å²) in [5, 5.41) is 5.75. The third-order valence-corrected chi connectivity index (χ3v) is 7.43. The number of amides is 2. The van der Waals surface area contributed by atoms with Crippen molar-refractivity contribution < 1.29 is 9.59 Å². The Morgan fingerprint density at radius 1 is 1.03 bits per heavy atom. The summed E-state index contributed by atoms with van der Waals surface area (Å²) in [6.45, 7) is 0. The summed E-state index contributed by atoms with van der Waals surface area (Å²) < 4.78 is 0. The maximum atomic E-state index is 12.7. The van der Waals surface area contributed by atoms with E-state index in [-0.39, 0.29) is 17.9 Å². The number of hydrogen-bond acceptors (Lipinski definition) is 6. The quantitative estimate of drug-likeness (QED) is 0.243. The van der Waals surface area contributed by atoms with E-state index in [0.717, 1.165) is 42.1 Å². The first-order valence-electron chi connectivity index (χ1n) is 11.2. The molecule has 2 amide bonds. The van der Waals surface area contributed by atoms with Crippen LogP contribution in [0.3, 0.4) is 0 Å². The van der Waals surface area contributed by atoms with Crippen LogP contribution in [0.2, 0.25) is 0 Å². The van der Waals surface area contributed by atoms with Gasteiger partial charge in [-0.05, 0) is 30.5 Å². The smallest absolute Gasteiger partial charge is 0.263 e. The predicted molar refractivity (Wildman–Crippen MR) is 137 cm³/mol. The van der Waals surface area contributed by atoms with Gasteiger partial charge in [0.05, 0.1) is 34.5 Å². The van der Waals surface area contributed by atoms with Gasteiger partial charge in [-0.2, -0.15) is 0 Å². The van der Waals surface area contributed by atoms with Crippen LogP contribution < -0.4 is 10.6 Å². The lowest BCUT2D eigenvalue weighted by molar-refractivity contribution is -0.120. The number of carbonyl (C=O) groups excluding carboxylic acids is 2. The number of H-pyrrole nitrogens is 1. The first kappa shape index (κ1) is 23.8. The van der Waals surface area contributed by atoms with Crippen molar-refractivity contribution in [2.24, 2.45) is 0 Å². The van der Waals surface area contributed by atoms with E-state index >= 15 is 0 Å². The highest BCUT2D eigenvalue weighted by Crippen LogP contribution is 2.34. The number of aromatic nitrogens is 3. The van der Waals surface area contributed by atoms with Gasteiger partial charge < -0.3 is 15.6 Å². The van der Waals surface area contributed by atoms with E-state index in [1.807, 2.05) is 24.4 Å². The van der Waals surface area contributed by atoms with Gasteiger partial charge >= 0.3 is 0 Å². The minimum atomic E-state index is -0.253. The zero-order valence-corrected chi connectivity index (χ0v) is 20.5. The zero-order chi connectivity index (χ0) is 23.8.